The van der Waals surface area contributed by atoms with Gasteiger partial charge >= 0.3 is 0 Å². The monoisotopic (exact) mass is 259 g/mol. The van der Waals surface area contributed by atoms with Gasteiger partial charge in [-0.1, -0.05) is 12.1 Å². The lowest BCUT2D eigenvalue weighted by Gasteiger charge is -2.15. The molecule has 1 heterocycles. The first-order chi connectivity index (χ1) is 9.11. The van der Waals surface area contributed by atoms with Crippen LogP contribution >= 0.6 is 0 Å². The van der Waals surface area contributed by atoms with Gasteiger partial charge in [0.2, 0.25) is 0 Å². The van der Waals surface area contributed by atoms with E-state index in [1.807, 2.05) is 32.2 Å². The van der Waals surface area contributed by atoms with Crippen molar-refractivity contribution < 1.29 is 4.74 Å². The second kappa shape index (κ2) is 5.89. The quantitative estimate of drug-likeness (QED) is 0.898. The number of nitrogens with zero attached hydrogens (tertiary/aromatic N) is 2. The van der Waals surface area contributed by atoms with E-state index in [2.05, 4.69) is 22.5 Å². The van der Waals surface area contributed by atoms with Gasteiger partial charge in [0.25, 0.3) is 0 Å². The molecule has 0 aliphatic carbocycles. The molecule has 1 aromatic carbocycles. The molecule has 0 bridgehead atoms. The number of imidazole rings is 1. The molecule has 0 saturated heterocycles. The summed E-state index contributed by atoms with van der Waals surface area (Å²) in [6.45, 7) is 7.46. The largest absolute Gasteiger partial charge is 0.485 e. The van der Waals surface area contributed by atoms with Crippen LogP contribution in [-0.4, -0.2) is 9.55 Å². The summed E-state index contributed by atoms with van der Waals surface area (Å²) in [7, 11) is 0. The van der Waals surface area contributed by atoms with Crippen LogP contribution in [0.4, 0.5) is 0 Å². The van der Waals surface area contributed by atoms with Crippen LogP contribution in [0.1, 0.15) is 36.8 Å². The highest BCUT2D eigenvalue weighted by atomic mass is 16.5. The highest BCUT2D eigenvalue weighted by Gasteiger charge is 2.10. The van der Waals surface area contributed by atoms with E-state index in [1.165, 1.54) is 5.56 Å². The molecule has 0 spiro atoms. The van der Waals surface area contributed by atoms with E-state index in [-0.39, 0.29) is 6.04 Å². The van der Waals surface area contributed by atoms with Crippen LogP contribution in [0.25, 0.3) is 0 Å². The third kappa shape index (κ3) is 3.15. The van der Waals surface area contributed by atoms with Crippen LogP contribution in [0, 0.1) is 6.92 Å². The van der Waals surface area contributed by atoms with E-state index < -0.39 is 0 Å². The lowest BCUT2D eigenvalue weighted by atomic mass is 10.1. The summed E-state index contributed by atoms with van der Waals surface area (Å²) < 4.78 is 7.97. The Morgan fingerprint density at radius 3 is 2.89 bits per heavy atom. The summed E-state index contributed by atoms with van der Waals surface area (Å²) in [5, 5.41) is 0. The van der Waals surface area contributed by atoms with E-state index in [4.69, 9.17) is 10.5 Å². The van der Waals surface area contributed by atoms with Crippen molar-refractivity contribution in [2.45, 2.75) is 40.0 Å². The van der Waals surface area contributed by atoms with Crippen molar-refractivity contribution in [1.29, 1.82) is 0 Å². The van der Waals surface area contributed by atoms with E-state index in [0.29, 0.717) is 6.61 Å². The number of aryl methyl sites for hydroxylation is 2. The Kier molecular flexibility index (Phi) is 4.22. The minimum Gasteiger partial charge on any atom is -0.485 e. The molecule has 1 unspecified atom stereocenters. The Morgan fingerprint density at radius 1 is 1.42 bits per heavy atom. The minimum atomic E-state index is -0.0403. The maximum absolute atomic E-state index is 5.97. The molecule has 102 valence electrons. The van der Waals surface area contributed by atoms with Gasteiger partial charge in [0.1, 0.15) is 18.2 Å². The van der Waals surface area contributed by atoms with Crippen molar-refractivity contribution in [1.82, 2.24) is 9.55 Å². The maximum Gasteiger partial charge on any atom is 0.146 e. The standard InChI is InChI=1S/C15H21N3O/c1-4-18-8-7-17-15(18)10-19-14-9-11(2)5-6-13(14)12(3)16/h5-9,12H,4,10,16H2,1-3H3. The number of hydrogen-bond donors (Lipinski definition) is 1. The molecule has 0 radical (unpaired) electrons. The molecular formula is C15H21N3O. The van der Waals surface area contributed by atoms with Crippen molar-refractivity contribution in [3.63, 3.8) is 0 Å². The molecule has 0 saturated carbocycles. The second-order valence-corrected chi connectivity index (χ2v) is 4.75. The van der Waals surface area contributed by atoms with Gasteiger partial charge in [0.15, 0.2) is 0 Å². The SMILES string of the molecule is CCn1ccnc1COc1cc(C)ccc1C(C)N. The topological polar surface area (TPSA) is 53.1 Å². The smallest absolute Gasteiger partial charge is 0.146 e. The number of ether oxygens (including phenoxy) is 1. The van der Waals surface area contributed by atoms with Crippen molar-refractivity contribution >= 4 is 0 Å². The highest BCUT2D eigenvalue weighted by molar-refractivity contribution is 5.38. The molecule has 0 aliphatic rings. The fourth-order valence-corrected chi connectivity index (χ4v) is 2.05. The molecule has 2 aromatic rings. The molecule has 2 rings (SSSR count). The Balaban J connectivity index is 2.17. The Morgan fingerprint density at radius 2 is 2.21 bits per heavy atom. The third-order valence-electron chi connectivity index (χ3n) is 3.16. The van der Waals surface area contributed by atoms with Crippen LogP contribution < -0.4 is 10.5 Å². The number of hydrogen-bond acceptors (Lipinski definition) is 3. The van der Waals surface area contributed by atoms with E-state index in [0.717, 1.165) is 23.7 Å². The van der Waals surface area contributed by atoms with Crippen molar-refractivity contribution in [3.8, 4) is 5.75 Å². The minimum absolute atomic E-state index is 0.0403. The molecule has 4 nitrogen and oxygen atoms in total. The fraction of sp³-hybridized carbons (Fsp3) is 0.400. The predicted octanol–water partition coefficient (Wildman–Crippen LogP) is 2.81. The number of aromatic nitrogens is 2. The molecule has 19 heavy (non-hydrogen) atoms. The van der Waals surface area contributed by atoms with E-state index in [1.54, 1.807) is 6.20 Å². The Hall–Kier alpha value is -1.81. The zero-order chi connectivity index (χ0) is 13.8. The van der Waals surface area contributed by atoms with Crippen LogP contribution in [0.3, 0.4) is 0 Å². The van der Waals surface area contributed by atoms with Crippen LogP contribution in [0.5, 0.6) is 5.75 Å². The number of rotatable bonds is 5. The molecule has 1 aromatic heterocycles. The summed E-state index contributed by atoms with van der Waals surface area (Å²) in [5.74, 6) is 1.78. The average Bonchev–Trinajstić information content (AvgIpc) is 2.83. The van der Waals surface area contributed by atoms with E-state index >= 15 is 0 Å². The van der Waals surface area contributed by atoms with E-state index in [9.17, 15) is 0 Å². The van der Waals surface area contributed by atoms with Gasteiger partial charge in [-0.25, -0.2) is 4.98 Å². The molecule has 0 aliphatic heterocycles. The Bertz CT molecular complexity index is 546. The molecular weight excluding hydrogens is 238 g/mol. The summed E-state index contributed by atoms with van der Waals surface area (Å²) in [5.41, 5.74) is 8.16. The van der Waals surface area contributed by atoms with Gasteiger partial charge in [-0.2, -0.15) is 0 Å². The van der Waals surface area contributed by atoms with Crippen LogP contribution in [0.15, 0.2) is 30.6 Å². The van der Waals surface area contributed by atoms with Gasteiger partial charge < -0.3 is 15.0 Å². The zero-order valence-electron chi connectivity index (χ0n) is 11.8. The normalized spacial score (nSPS) is 12.4. The fourth-order valence-electron chi connectivity index (χ4n) is 2.05. The van der Waals surface area contributed by atoms with Crippen molar-refractivity contribution in [2.75, 3.05) is 0 Å². The van der Waals surface area contributed by atoms with Gasteiger partial charge in [-0.05, 0) is 32.4 Å². The first-order valence-corrected chi connectivity index (χ1v) is 6.60. The summed E-state index contributed by atoms with van der Waals surface area (Å²) in [4.78, 5) is 4.31. The van der Waals surface area contributed by atoms with Gasteiger partial charge in [-0.3, -0.25) is 0 Å². The molecule has 2 N–H and O–H groups in total. The Labute approximate surface area is 114 Å². The second-order valence-electron chi connectivity index (χ2n) is 4.75. The molecule has 0 fully saturated rings. The van der Waals surface area contributed by atoms with Gasteiger partial charge in [0.05, 0.1) is 0 Å². The van der Waals surface area contributed by atoms with Crippen LogP contribution in [0.2, 0.25) is 0 Å². The number of benzene rings is 1. The average molecular weight is 259 g/mol. The van der Waals surface area contributed by atoms with Crippen molar-refractivity contribution in [3.05, 3.63) is 47.5 Å². The molecule has 1 atom stereocenters. The highest BCUT2D eigenvalue weighted by Crippen LogP contribution is 2.25. The summed E-state index contributed by atoms with van der Waals surface area (Å²) in [6, 6.07) is 6.07. The first kappa shape index (κ1) is 13.6. The lowest BCUT2D eigenvalue weighted by Crippen LogP contribution is -2.10. The van der Waals surface area contributed by atoms with Gasteiger partial charge in [0, 0.05) is 30.5 Å². The predicted molar refractivity (Wildman–Crippen MR) is 76.0 cm³/mol. The molecule has 4 heteroatoms. The maximum atomic E-state index is 5.97. The summed E-state index contributed by atoms with van der Waals surface area (Å²) >= 11 is 0. The first-order valence-electron chi connectivity index (χ1n) is 6.60. The molecule has 0 amide bonds. The third-order valence-corrected chi connectivity index (χ3v) is 3.16. The number of nitrogens with two attached hydrogens (primary N) is 1. The lowest BCUT2D eigenvalue weighted by molar-refractivity contribution is 0.285. The summed E-state index contributed by atoms with van der Waals surface area (Å²) in [6.07, 6.45) is 3.76. The van der Waals surface area contributed by atoms with Crippen LogP contribution in [-0.2, 0) is 13.2 Å². The zero-order valence-corrected chi connectivity index (χ0v) is 11.8. The van der Waals surface area contributed by atoms with Gasteiger partial charge in [-0.15, -0.1) is 0 Å². The van der Waals surface area contributed by atoms with Crippen molar-refractivity contribution in [2.24, 2.45) is 5.73 Å².